The Bertz CT molecular complexity index is 914. The second-order valence-electron chi connectivity index (χ2n) is 4.84. The van der Waals surface area contributed by atoms with Crippen LogP contribution in [0, 0.1) is 13.8 Å². The molecule has 1 heterocycles. The summed E-state index contributed by atoms with van der Waals surface area (Å²) in [5, 5.41) is 0. The monoisotopic (exact) mass is 302 g/mol. The van der Waals surface area contributed by atoms with Crippen molar-refractivity contribution in [3.8, 4) is 0 Å². The molecule has 3 aromatic rings. The molecule has 0 aliphatic carbocycles. The topological polar surface area (TPSA) is 72.2 Å². The van der Waals surface area contributed by atoms with Gasteiger partial charge < -0.3 is 4.42 Å². The summed E-state index contributed by atoms with van der Waals surface area (Å²) in [5.41, 5.74) is 2.59. The Labute approximate surface area is 122 Å². The largest absolute Gasteiger partial charge is 0.441 e. The number of benzene rings is 2. The van der Waals surface area contributed by atoms with Crippen molar-refractivity contribution in [2.24, 2.45) is 0 Å². The van der Waals surface area contributed by atoms with E-state index in [0.29, 0.717) is 22.7 Å². The normalized spacial score (nSPS) is 11.7. The quantitative estimate of drug-likeness (QED) is 0.806. The van der Waals surface area contributed by atoms with E-state index in [1.807, 2.05) is 13.0 Å². The number of hydrogen-bond donors (Lipinski definition) is 1. The number of nitrogens with one attached hydrogen (secondary N) is 1. The number of nitrogens with zero attached hydrogens (tertiary/aromatic N) is 1. The number of fused-ring (bicyclic) bond motifs is 1. The molecule has 0 fully saturated rings. The minimum atomic E-state index is -3.61. The van der Waals surface area contributed by atoms with Crippen LogP contribution in [-0.4, -0.2) is 13.4 Å². The number of anilines is 1. The molecule has 0 atom stereocenters. The van der Waals surface area contributed by atoms with E-state index in [0.717, 1.165) is 5.56 Å². The Balaban J connectivity index is 1.96. The van der Waals surface area contributed by atoms with E-state index in [-0.39, 0.29) is 4.90 Å². The summed E-state index contributed by atoms with van der Waals surface area (Å²) < 4.78 is 32.6. The van der Waals surface area contributed by atoms with Crippen LogP contribution in [0.2, 0.25) is 0 Å². The highest BCUT2D eigenvalue weighted by Gasteiger charge is 2.15. The molecular weight excluding hydrogens is 288 g/mol. The third-order valence-corrected chi connectivity index (χ3v) is 4.43. The van der Waals surface area contributed by atoms with Crippen LogP contribution < -0.4 is 4.72 Å². The molecule has 0 saturated carbocycles. The first-order chi connectivity index (χ1) is 9.94. The molecule has 0 amide bonds. The lowest BCUT2D eigenvalue weighted by Gasteiger charge is -2.08. The summed E-state index contributed by atoms with van der Waals surface area (Å²) >= 11 is 0. The van der Waals surface area contributed by atoms with E-state index in [2.05, 4.69) is 9.71 Å². The van der Waals surface area contributed by atoms with Gasteiger partial charge >= 0.3 is 0 Å². The van der Waals surface area contributed by atoms with Crippen molar-refractivity contribution < 1.29 is 12.8 Å². The van der Waals surface area contributed by atoms with Gasteiger partial charge in [0.1, 0.15) is 5.52 Å². The summed E-state index contributed by atoms with van der Waals surface area (Å²) in [5.74, 6) is 0.545. The van der Waals surface area contributed by atoms with Gasteiger partial charge in [-0.05, 0) is 36.8 Å². The van der Waals surface area contributed by atoms with Crippen LogP contribution in [0.25, 0.3) is 11.1 Å². The minimum absolute atomic E-state index is 0.233. The molecule has 0 spiro atoms. The van der Waals surface area contributed by atoms with E-state index in [4.69, 9.17) is 4.42 Å². The van der Waals surface area contributed by atoms with Crippen molar-refractivity contribution in [1.82, 2.24) is 4.98 Å². The number of aromatic nitrogens is 1. The van der Waals surface area contributed by atoms with Crippen LogP contribution in [0.1, 0.15) is 11.5 Å². The summed E-state index contributed by atoms with van der Waals surface area (Å²) in [6.45, 7) is 3.60. The summed E-state index contributed by atoms with van der Waals surface area (Å²) in [4.78, 5) is 4.41. The van der Waals surface area contributed by atoms with Crippen molar-refractivity contribution >= 4 is 26.8 Å². The number of hydrogen-bond acceptors (Lipinski definition) is 4. The summed E-state index contributed by atoms with van der Waals surface area (Å²) in [6.07, 6.45) is 0. The predicted octanol–water partition coefficient (Wildman–Crippen LogP) is 3.25. The van der Waals surface area contributed by atoms with Gasteiger partial charge in [-0.1, -0.05) is 12.1 Å². The lowest BCUT2D eigenvalue weighted by Crippen LogP contribution is -2.12. The van der Waals surface area contributed by atoms with Gasteiger partial charge in [0, 0.05) is 13.0 Å². The van der Waals surface area contributed by atoms with Gasteiger partial charge in [-0.3, -0.25) is 4.72 Å². The lowest BCUT2D eigenvalue weighted by molar-refractivity contribution is 0.561. The van der Waals surface area contributed by atoms with Crippen LogP contribution in [0.4, 0.5) is 5.69 Å². The Kier molecular flexibility index (Phi) is 3.17. The van der Waals surface area contributed by atoms with Gasteiger partial charge in [-0.25, -0.2) is 13.4 Å². The average molecular weight is 302 g/mol. The van der Waals surface area contributed by atoms with Crippen molar-refractivity contribution in [2.45, 2.75) is 18.7 Å². The second-order valence-corrected chi connectivity index (χ2v) is 6.52. The molecule has 6 heteroatoms. The number of aryl methyl sites for hydroxylation is 2. The fraction of sp³-hybridized carbons (Fsp3) is 0.133. The third-order valence-electron chi connectivity index (χ3n) is 3.05. The van der Waals surface area contributed by atoms with Crippen LogP contribution in [0.3, 0.4) is 0 Å². The molecular formula is C15H14N2O3S. The van der Waals surface area contributed by atoms with Crippen molar-refractivity contribution in [2.75, 3.05) is 4.72 Å². The first-order valence-electron chi connectivity index (χ1n) is 6.41. The number of rotatable bonds is 3. The number of sulfonamides is 1. The zero-order chi connectivity index (χ0) is 15.0. The van der Waals surface area contributed by atoms with Gasteiger partial charge in [0.25, 0.3) is 10.0 Å². The van der Waals surface area contributed by atoms with E-state index < -0.39 is 10.0 Å². The van der Waals surface area contributed by atoms with E-state index >= 15 is 0 Å². The summed E-state index contributed by atoms with van der Waals surface area (Å²) in [6, 6.07) is 11.8. The third kappa shape index (κ3) is 2.75. The fourth-order valence-electron chi connectivity index (χ4n) is 2.10. The maximum absolute atomic E-state index is 12.3. The molecule has 0 aliphatic heterocycles. The number of oxazole rings is 1. The molecule has 0 saturated heterocycles. The van der Waals surface area contributed by atoms with E-state index in [1.165, 1.54) is 0 Å². The fourth-order valence-corrected chi connectivity index (χ4v) is 3.25. The average Bonchev–Trinajstić information content (AvgIpc) is 2.77. The molecule has 1 N–H and O–H groups in total. The molecule has 1 aromatic heterocycles. The van der Waals surface area contributed by atoms with Gasteiger partial charge in [0.05, 0.1) is 10.6 Å². The lowest BCUT2D eigenvalue weighted by atomic mass is 10.2. The molecule has 0 radical (unpaired) electrons. The van der Waals surface area contributed by atoms with Crippen LogP contribution >= 0.6 is 0 Å². The van der Waals surface area contributed by atoms with Gasteiger partial charge in [0.15, 0.2) is 11.5 Å². The van der Waals surface area contributed by atoms with Gasteiger partial charge in [-0.2, -0.15) is 0 Å². The SMILES string of the molecule is Cc1cccc(S(=O)(=O)Nc2ccc3nc(C)oc3c2)c1. The molecule has 21 heavy (non-hydrogen) atoms. The minimum Gasteiger partial charge on any atom is -0.441 e. The zero-order valence-corrected chi connectivity index (χ0v) is 12.4. The smallest absolute Gasteiger partial charge is 0.261 e. The second kappa shape index (κ2) is 4.89. The van der Waals surface area contributed by atoms with Crippen molar-refractivity contribution in [3.63, 3.8) is 0 Å². The molecule has 0 bridgehead atoms. The van der Waals surface area contributed by atoms with Crippen LogP contribution in [0.5, 0.6) is 0 Å². The maximum atomic E-state index is 12.3. The summed E-state index contributed by atoms with van der Waals surface area (Å²) in [7, 11) is -3.61. The van der Waals surface area contributed by atoms with Gasteiger partial charge in [-0.15, -0.1) is 0 Å². The highest BCUT2D eigenvalue weighted by molar-refractivity contribution is 7.92. The van der Waals surface area contributed by atoms with Crippen molar-refractivity contribution in [3.05, 3.63) is 53.9 Å². The molecule has 3 rings (SSSR count). The van der Waals surface area contributed by atoms with Crippen LogP contribution in [-0.2, 0) is 10.0 Å². The maximum Gasteiger partial charge on any atom is 0.261 e. The van der Waals surface area contributed by atoms with Crippen LogP contribution in [0.15, 0.2) is 51.8 Å². The van der Waals surface area contributed by atoms with E-state index in [9.17, 15) is 8.42 Å². The highest BCUT2D eigenvalue weighted by Crippen LogP contribution is 2.22. The van der Waals surface area contributed by atoms with Crippen molar-refractivity contribution in [1.29, 1.82) is 0 Å². The molecule has 5 nitrogen and oxygen atoms in total. The zero-order valence-electron chi connectivity index (χ0n) is 11.6. The Morgan fingerprint density at radius 1 is 1.10 bits per heavy atom. The highest BCUT2D eigenvalue weighted by atomic mass is 32.2. The molecule has 0 aliphatic rings. The molecule has 108 valence electrons. The van der Waals surface area contributed by atoms with Gasteiger partial charge in [0.2, 0.25) is 0 Å². The Hall–Kier alpha value is -2.34. The Morgan fingerprint density at radius 3 is 2.67 bits per heavy atom. The predicted molar refractivity (Wildman–Crippen MR) is 80.7 cm³/mol. The molecule has 0 unspecified atom stereocenters. The van der Waals surface area contributed by atoms with E-state index in [1.54, 1.807) is 43.3 Å². The standard InChI is InChI=1S/C15H14N2O3S/c1-10-4-3-5-13(8-10)21(18,19)17-12-6-7-14-15(9-12)20-11(2)16-14/h3-9,17H,1-2H3. The Morgan fingerprint density at radius 2 is 1.90 bits per heavy atom. The molecule has 2 aromatic carbocycles. The first kappa shape index (κ1) is 13.6. The first-order valence-corrected chi connectivity index (χ1v) is 7.89.